The van der Waals surface area contributed by atoms with Crippen molar-refractivity contribution in [1.29, 1.82) is 0 Å². The second-order valence-corrected chi connectivity index (χ2v) is 4.96. The molecule has 1 atom stereocenters. The van der Waals surface area contributed by atoms with Crippen LogP contribution in [0.1, 0.15) is 12.5 Å². The first-order valence-corrected chi connectivity index (χ1v) is 6.39. The fraction of sp³-hybridized carbons (Fsp3) is 0.176. The fourth-order valence-corrected chi connectivity index (χ4v) is 2.50. The Hall–Kier alpha value is -2.22. The summed E-state index contributed by atoms with van der Waals surface area (Å²) in [5.74, 6) is 1.20. The molecule has 2 heteroatoms. The van der Waals surface area contributed by atoms with E-state index in [0.717, 1.165) is 34.4 Å². The maximum atomic E-state index is 10.0. The minimum atomic E-state index is 0.0435. The average molecular weight is 252 g/mol. The van der Waals surface area contributed by atoms with Crippen LogP contribution in [0.15, 0.2) is 54.6 Å². The normalized spacial score (nSPS) is 16.8. The molecule has 0 amide bonds. The zero-order valence-corrected chi connectivity index (χ0v) is 10.9. The second-order valence-electron chi connectivity index (χ2n) is 4.96. The Kier molecular flexibility index (Phi) is 2.79. The van der Waals surface area contributed by atoms with Gasteiger partial charge < -0.3 is 9.84 Å². The molecule has 0 aliphatic carbocycles. The van der Waals surface area contributed by atoms with Gasteiger partial charge >= 0.3 is 0 Å². The number of aromatic hydroxyl groups is 1. The van der Waals surface area contributed by atoms with E-state index in [1.165, 1.54) is 0 Å². The Labute approximate surface area is 113 Å². The summed E-state index contributed by atoms with van der Waals surface area (Å²) in [6.45, 7) is 5.95. The minimum absolute atomic E-state index is 0.0435. The Morgan fingerprint density at radius 3 is 2.63 bits per heavy atom. The second kappa shape index (κ2) is 4.47. The SMILES string of the molecule is C=C(C)C1Cc2c(cccc2-c2ccccc2O)O1. The number of hydrogen-bond donors (Lipinski definition) is 1. The molecule has 1 N–H and O–H groups in total. The highest BCUT2D eigenvalue weighted by Gasteiger charge is 2.26. The molecule has 1 aliphatic heterocycles. The summed E-state index contributed by atoms with van der Waals surface area (Å²) in [5, 5.41) is 10.0. The van der Waals surface area contributed by atoms with Crippen molar-refractivity contribution in [2.24, 2.45) is 0 Å². The highest BCUT2D eigenvalue weighted by Crippen LogP contribution is 2.40. The molecule has 0 aromatic heterocycles. The number of rotatable bonds is 2. The van der Waals surface area contributed by atoms with Gasteiger partial charge in [-0.15, -0.1) is 0 Å². The molecule has 1 unspecified atom stereocenters. The van der Waals surface area contributed by atoms with E-state index >= 15 is 0 Å². The van der Waals surface area contributed by atoms with Gasteiger partial charge in [0.25, 0.3) is 0 Å². The van der Waals surface area contributed by atoms with Gasteiger partial charge in [-0.05, 0) is 30.2 Å². The van der Waals surface area contributed by atoms with E-state index in [2.05, 4.69) is 6.58 Å². The van der Waals surface area contributed by atoms with Crippen molar-refractivity contribution in [2.75, 3.05) is 0 Å². The fourth-order valence-electron chi connectivity index (χ4n) is 2.50. The molecule has 0 saturated carbocycles. The molecular weight excluding hydrogens is 236 g/mol. The molecule has 0 spiro atoms. The summed E-state index contributed by atoms with van der Waals surface area (Å²) < 4.78 is 5.89. The Morgan fingerprint density at radius 2 is 1.89 bits per heavy atom. The lowest BCUT2D eigenvalue weighted by Gasteiger charge is -2.08. The lowest BCUT2D eigenvalue weighted by atomic mass is 9.95. The first kappa shape index (κ1) is 11.8. The van der Waals surface area contributed by atoms with Gasteiger partial charge in [0.1, 0.15) is 17.6 Å². The van der Waals surface area contributed by atoms with Gasteiger partial charge in [-0.1, -0.05) is 36.9 Å². The highest BCUT2D eigenvalue weighted by molar-refractivity contribution is 5.75. The van der Waals surface area contributed by atoms with Crippen LogP contribution in [0.5, 0.6) is 11.5 Å². The molecule has 19 heavy (non-hydrogen) atoms. The number of ether oxygens (including phenoxy) is 1. The number of benzene rings is 2. The van der Waals surface area contributed by atoms with Crippen LogP contribution in [0.25, 0.3) is 11.1 Å². The van der Waals surface area contributed by atoms with E-state index < -0.39 is 0 Å². The number of fused-ring (bicyclic) bond motifs is 1. The van der Waals surface area contributed by atoms with Gasteiger partial charge in [0.15, 0.2) is 0 Å². The van der Waals surface area contributed by atoms with Gasteiger partial charge in [0.05, 0.1) is 0 Å². The van der Waals surface area contributed by atoms with Gasteiger partial charge in [0.2, 0.25) is 0 Å². The third-order valence-corrected chi connectivity index (χ3v) is 3.54. The van der Waals surface area contributed by atoms with Crippen molar-refractivity contribution in [3.63, 3.8) is 0 Å². The monoisotopic (exact) mass is 252 g/mol. The van der Waals surface area contributed by atoms with Crippen molar-refractivity contribution in [1.82, 2.24) is 0 Å². The van der Waals surface area contributed by atoms with E-state index in [1.807, 2.05) is 43.3 Å². The van der Waals surface area contributed by atoms with Crippen LogP contribution >= 0.6 is 0 Å². The number of phenols is 1. The van der Waals surface area contributed by atoms with Crippen molar-refractivity contribution in [2.45, 2.75) is 19.4 Å². The van der Waals surface area contributed by atoms with Crippen molar-refractivity contribution in [3.05, 3.63) is 60.2 Å². The van der Waals surface area contributed by atoms with Crippen molar-refractivity contribution < 1.29 is 9.84 Å². The smallest absolute Gasteiger partial charge is 0.124 e. The summed E-state index contributed by atoms with van der Waals surface area (Å²) in [7, 11) is 0. The number of para-hydroxylation sites is 1. The van der Waals surface area contributed by atoms with Crippen LogP contribution in [-0.2, 0) is 6.42 Å². The molecule has 96 valence electrons. The third-order valence-electron chi connectivity index (χ3n) is 3.54. The van der Waals surface area contributed by atoms with Crippen LogP contribution in [0.3, 0.4) is 0 Å². The quantitative estimate of drug-likeness (QED) is 0.820. The van der Waals surface area contributed by atoms with Gasteiger partial charge in [-0.2, -0.15) is 0 Å². The minimum Gasteiger partial charge on any atom is -0.507 e. The Morgan fingerprint density at radius 1 is 1.16 bits per heavy atom. The number of hydrogen-bond acceptors (Lipinski definition) is 2. The van der Waals surface area contributed by atoms with E-state index in [4.69, 9.17) is 4.74 Å². The summed E-state index contributed by atoms with van der Waals surface area (Å²) in [5.41, 5.74) is 4.07. The van der Waals surface area contributed by atoms with Crippen molar-refractivity contribution in [3.8, 4) is 22.6 Å². The van der Waals surface area contributed by atoms with Crippen LogP contribution in [0.2, 0.25) is 0 Å². The van der Waals surface area contributed by atoms with Crippen LogP contribution < -0.4 is 4.74 Å². The molecule has 1 aliphatic rings. The average Bonchev–Trinajstić information content (AvgIpc) is 2.83. The Balaban J connectivity index is 2.10. The zero-order chi connectivity index (χ0) is 13.4. The predicted octanol–water partition coefficient (Wildman–Crippen LogP) is 3.94. The first-order chi connectivity index (χ1) is 9.16. The lowest BCUT2D eigenvalue weighted by Crippen LogP contribution is -2.13. The van der Waals surface area contributed by atoms with Crippen LogP contribution in [-0.4, -0.2) is 11.2 Å². The maximum Gasteiger partial charge on any atom is 0.124 e. The standard InChI is InChI=1S/C17H16O2/c1-11(2)17-10-14-12(7-5-9-16(14)19-17)13-6-3-4-8-15(13)18/h3-9,17-18H,1,10H2,2H3. The Bertz CT molecular complexity index is 643. The molecule has 0 fully saturated rings. The summed E-state index contributed by atoms with van der Waals surface area (Å²) >= 11 is 0. The van der Waals surface area contributed by atoms with Crippen LogP contribution in [0, 0.1) is 0 Å². The summed E-state index contributed by atoms with van der Waals surface area (Å²) in [6, 6.07) is 13.4. The lowest BCUT2D eigenvalue weighted by molar-refractivity contribution is 0.271. The van der Waals surface area contributed by atoms with E-state index in [0.29, 0.717) is 5.75 Å². The summed E-state index contributed by atoms with van der Waals surface area (Å²) in [4.78, 5) is 0. The first-order valence-electron chi connectivity index (χ1n) is 6.39. The van der Waals surface area contributed by atoms with E-state index in [1.54, 1.807) is 6.07 Å². The van der Waals surface area contributed by atoms with Gasteiger partial charge in [0, 0.05) is 17.5 Å². The zero-order valence-electron chi connectivity index (χ0n) is 10.9. The largest absolute Gasteiger partial charge is 0.507 e. The predicted molar refractivity (Wildman–Crippen MR) is 76.5 cm³/mol. The topological polar surface area (TPSA) is 29.5 Å². The highest BCUT2D eigenvalue weighted by atomic mass is 16.5. The van der Waals surface area contributed by atoms with E-state index in [-0.39, 0.29) is 6.10 Å². The molecule has 2 nitrogen and oxygen atoms in total. The van der Waals surface area contributed by atoms with Crippen LogP contribution in [0.4, 0.5) is 0 Å². The summed E-state index contributed by atoms with van der Waals surface area (Å²) in [6.07, 6.45) is 0.858. The van der Waals surface area contributed by atoms with E-state index in [9.17, 15) is 5.11 Å². The maximum absolute atomic E-state index is 10.0. The molecule has 0 bridgehead atoms. The molecule has 1 heterocycles. The molecular formula is C17H16O2. The molecule has 2 aromatic rings. The molecule has 2 aromatic carbocycles. The van der Waals surface area contributed by atoms with Gasteiger partial charge in [-0.25, -0.2) is 0 Å². The molecule has 0 saturated heterocycles. The molecule has 0 radical (unpaired) electrons. The molecule has 3 rings (SSSR count). The third kappa shape index (κ3) is 1.99. The van der Waals surface area contributed by atoms with Crippen molar-refractivity contribution >= 4 is 0 Å². The van der Waals surface area contributed by atoms with Gasteiger partial charge in [-0.3, -0.25) is 0 Å². The number of phenolic OH excluding ortho intramolecular Hbond substituents is 1.